The molecule has 4 heterocycles. The van der Waals surface area contributed by atoms with Gasteiger partial charge in [0.15, 0.2) is 5.65 Å². The summed E-state index contributed by atoms with van der Waals surface area (Å²) < 4.78 is 7.36. The Balaban J connectivity index is 1.28. The maximum absolute atomic E-state index is 11.9. The number of fused-ring (bicyclic) bond motifs is 2. The number of benzene rings is 2. The number of carbonyl (C=O) groups excluding carboxylic acids is 1. The van der Waals surface area contributed by atoms with Crippen molar-refractivity contribution in [3.63, 3.8) is 0 Å². The first-order valence-electron chi connectivity index (χ1n) is 11.9. The predicted molar refractivity (Wildman–Crippen MR) is 132 cm³/mol. The smallest absolute Gasteiger partial charge is 0.249 e. The molecule has 2 aromatic heterocycles. The van der Waals surface area contributed by atoms with Crippen molar-refractivity contribution < 1.29 is 9.53 Å². The highest BCUT2D eigenvalue weighted by Crippen LogP contribution is 2.33. The number of nitrogens with zero attached hydrogens (tertiary/aromatic N) is 5. The van der Waals surface area contributed by atoms with Crippen LogP contribution in [0.25, 0.3) is 27.5 Å². The van der Waals surface area contributed by atoms with E-state index in [1.807, 2.05) is 47.2 Å². The zero-order valence-electron chi connectivity index (χ0n) is 19.1. The molecule has 0 bridgehead atoms. The van der Waals surface area contributed by atoms with Gasteiger partial charge in [0.25, 0.3) is 0 Å². The molecule has 0 saturated carbocycles. The van der Waals surface area contributed by atoms with E-state index in [0.717, 1.165) is 85.5 Å². The van der Waals surface area contributed by atoms with Crippen LogP contribution in [0.15, 0.2) is 55.0 Å². The number of hydrogen-bond acceptors (Lipinski definition) is 6. The van der Waals surface area contributed by atoms with Crippen LogP contribution in [0.1, 0.15) is 23.2 Å². The van der Waals surface area contributed by atoms with Gasteiger partial charge in [-0.15, -0.1) is 0 Å². The second-order valence-electron chi connectivity index (χ2n) is 9.08. The van der Waals surface area contributed by atoms with E-state index >= 15 is 0 Å². The summed E-state index contributed by atoms with van der Waals surface area (Å²) in [5.41, 5.74) is 9.93. The van der Waals surface area contributed by atoms with Crippen LogP contribution in [-0.2, 0) is 4.74 Å². The topological polar surface area (TPSA) is 89.0 Å². The molecule has 4 aromatic rings. The maximum atomic E-state index is 11.9. The number of aromatic nitrogens is 3. The summed E-state index contributed by atoms with van der Waals surface area (Å²) in [6.45, 7) is 5.82. The third kappa shape index (κ3) is 3.69. The number of morpholine rings is 1. The van der Waals surface area contributed by atoms with Gasteiger partial charge >= 0.3 is 0 Å². The van der Waals surface area contributed by atoms with Gasteiger partial charge in [-0.25, -0.2) is 9.50 Å². The van der Waals surface area contributed by atoms with E-state index in [4.69, 9.17) is 15.5 Å². The highest BCUT2D eigenvalue weighted by Gasteiger charge is 2.26. The monoisotopic (exact) mass is 456 g/mol. The second kappa shape index (κ2) is 8.70. The number of nitrogens with two attached hydrogens (primary N) is 1. The summed E-state index contributed by atoms with van der Waals surface area (Å²) >= 11 is 0. The van der Waals surface area contributed by atoms with Crippen LogP contribution in [0.3, 0.4) is 0 Å². The summed E-state index contributed by atoms with van der Waals surface area (Å²) in [5.74, 6) is -0.428. The van der Waals surface area contributed by atoms with Crippen LogP contribution >= 0.6 is 0 Å². The molecule has 2 aromatic carbocycles. The summed E-state index contributed by atoms with van der Waals surface area (Å²) in [5, 5.41) is 6.42. The molecule has 0 aliphatic carbocycles. The molecule has 0 unspecified atom stereocenters. The molecule has 6 rings (SSSR count). The van der Waals surface area contributed by atoms with Gasteiger partial charge in [0.05, 0.1) is 37.5 Å². The van der Waals surface area contributed by atoms with Gasteiger partial charge in [-0.1, -0.05) is 30.3 Å². The van der Waals surface area contributed by atoms with Crippen molar-refractivity contribution in [2.24, 2.45) is 5.73 Å². The lowest BCUT2D eigenvalue weighted by Gasteiger charge is -2.40. The lowest BCUT2D eigenvalue weighted by Crippen LogP contribution is -2.49. The second-order valence-corrected chi connectivity index (χ2v) is 9.08. The van der Waals surface area contributed by atoms with Gasteiger partial charge < -0.3 is 15.4 Å². The quantitative estimate of drug-likeness (QED) is 0.508. The Labute approximate surface area is 197 Å². The minimum absolute atomic E-state index is 0.428. The fourth-order valence-electron chi connectivity index (χ4n) is 5.40. The molecule has 2 aliphatic rings. The molecule has 2 fully saturated rings. The average molecular weight is 457 g/mol. The molecule has 174 valence electrons. The molecule has 2 N–H and O–H groups in total. The number of amides is 1. The van der Waals surface area contributed by atoms with Gasteiger partial charge in [0, 0.05) is 43.3 Å². The van der Waals surface area contributed by atoms with Crippen molar-refractivity contribution in [2.75, 3.05) is 44.3 Å². The van der Waals surface area contributed by atoms with E-state index in [1.54, 1.807) is 6.07 Å². The normalized spacial score (nSPS) is 18.1. The van der Waals surface area contributed by atoms with Crippen molar-refractivity contribution in [2.45, 2.75) is 18.9 Å². The van der Waals surface area contributed by atoms with Crippen LogP contribution in [-0.4, -0.2) is 70.8 Å². The molecular formula is C26H28N6O2. The van der Waals surface area contributed by atoms with Gasteiger partial charge in [-0.2, -0.15) is 5.10 Å². The first-order valence-corrected chi connectivity index (χ1v) is 11.9. The number of ether oxygens (including phenoxy) is 1. The zero-order chi connectivity index (χ0) is 23.1. The Morgan fingerprint density at radius 1 is 0.941 bits per heavy atom. The third-order valence-electron chi connectivity index (χ3n) is 7.21. The predicted octanol–water partition coefficient (Wildman–Crippen LogP) is 2.95. The molecule has 1 amide bonds. The van der Waals surface area contributed by atoms with Crippen molar-refractivity contribution in [1.29, 1.82) is 0 Å². The number of rotatable bonds is 4. The highest BCUT2D eigenvalue weighted by atomic mass is 16.5. The minimum atomic E-state index is -0.428. The standard InChI is InChI=1S/C26H28N6O2/c27-25(33)23-6-5-22(20-3-1-2-4-21(20)23)24-16-29-32-17-19(15-28-26(24)32)30-9-7-18(8-10-30)31-11-13-34-14-12-31/h1-6,15-18H,7-14H2,(H2,27,33). The first-order chi connectivity index (χ1) is 16.7. The largest absolute Gasteiger partial charge is 0.379 e. The van der Waals surface area contributed by atoms with E-state index in [-0.39, 0.29) is 0 Å². The molecule has 8 nitrogen and oxygen atoms in total. The number of primary amides is 1. The number of piperidine rings is 1. The third-order valence-corrected chi connectivity index (χ3v) is 7.21. The van der Waals surface area contributed by atoms with Gasteiger partial charge in [0.1, 0.15) is 0 Å². The SMILES string of the molecule is NC(=O)c1ccc(-c2cnn3cc(N4CCC(N5CCOCC5)CC4)cnc23)c2ccccc12. The minimum Gasteiger partial charge on any atom is -0.379 e. The summed E-state index contributed by atoms with van der Waals surface area (Å²) in [4.78, 5) is 21.7. The fourth-order valence-corrected chi connectivity index (χ4v) is 5.40. The lowest BCUT2D eigenvalue weighted by atomic mass is 9.96. The van der Waals surface area contributed by atoms with Crippen LogP contribution in [0.5, 0.6) is 0 Å². The van der Waals surface area contributed by atoms with Crippen molar-refractivity contribution >= 4 is 28.0 Å². The van der Waals surface area contributed by atoms with Gasteiger partial charge in [0.2, 0.25) is 5.91 Å². The first kappa shape index (κ1) is 21.1. The highest BCUT2D eigenvalue weighted by molar-refractivity contribution is 6.11. The average Bonchev–Trinajstić information content (AvgIpc) is 3.31. The molecule has 2 aliphatic heterocycles. The van der Waals surface area contributed by atoms with E-state index in [9.17, 15) is 4.79 Å². The zero-order valence-corrected chi connectivity index (χ0v) is 19.1. The van der Waals surface area contributed by atoms with Crippen molar-refractivity contribution in [1.82, 2.24) is 19.5 Å². The summed E-state index contributed by atoms with van der Waals surface area (Å²) in [6.07, 6.45) is 8.18. The maximum Gasteiger partial charge on any atom is 0.249 e. The van der Waals surface area contributed by atoms with Crippen LogP contribution in [0.2, 0.25) is 0 Å². The molecule has 0 atom stereocenters. The van der Waals surface area contributed by atoms with E-state index in [2.05, 4.69) is 21.1 Å². The Morgan fingerprint density at radius 2 is 1.71 bits per heavy atom. The Hall–Kier alpha value is -3.49. The lowest BCUT2D eigenvalue weighted by molar-refractivity contribution is 0.0115. The molecule has 34 heavy (non-hydrogen) atoms. The van der Waals surface area contributed by atoms with E-state index < -0.39 is 5.91 Å². The fraction of sp³-hybridized carbons (Fsp3) is 0.346. The van der Waals surface area contributed by atoms with Gasteiger partial charge in [-0.05, 0) is 35.2 Å². The Bertz CT molecular complexity index is 1350. The number of anilines is 1. The molecule has 0 radical (unpaired) electrons. The molecule has 8 heteroatoms. The van der Waals surface area contributed by atoms with Crippen LogP contribution in [0, 0.1) is 0 Å². The molecule has 0 spiro atoms. The summed E-state index contributed by atoms with van der Waals surface area (Å²) in [7, 11) is 0. The van der Waals surface area contributed by atoms with Crippen molar-refractivity contribution in [3.8, 4) is 11.1 Å². The molecule has 2 saturated heterocycles. The van der Waals surface area contributed by atoms with E-state index in [1.165, 1.54) is 0 Å². The van der Waals surface area contributed by atoms with E-state index in [0.29, 0.717) is 11.6 Å². The van der Waals surface area contributed by atoms with Crippen LogP contribution in [0.4, 0.5) is 5.69 Å². The number of carbonyl (C=O) groups is 1. The Kier molecular flexibility index (Phi) is 5.39. The van der Waals surface area contributed by atoms with Crippen molar-refractivity contribution in [3.05, 3.63) is 60.6 Å². The Morgan fingerprint density at radius 3 is 2.47 bits per heavy atom. The molecular weight excluding hydrogens is 428 g/mol. The summed E-state index contributed by atoms with van der Waals surface area (Å²) in [6, 6.07) is 12.2. The van der Waals surface area contributed by atoms with Gasteiger partial charge in [-0.3, -0.25) is 9.69 Å². The van der Waals surface area contributed by atoms with Crippen LogP contribution < -0.4 is 10.6 Å². The number of hydrogen-bond donors (Lipinski definition) is 1.